The van der Waals surface area contributed by atoms with Crippen molar-refractivity contribution >= 4 is 11.7 Å². The van der Waals surface area contributed by atoms with Gasteiger partial charge in [0.1, 0.15) is 36.0 Å². The third-order valence-corrected chi connectivity index (χ3v) is 4.18. The van der Waals surface area contributed by atoms with Crippen LogP contribution in [0.25, 0.3) is 0 Å². The summed E-state index contributed by atoms with van der Waals surface area (Å²) >= 11 is 0. The Bertz CT molecular complexity index is 733. The molecule has 1 aliphatic rings. The van der Waals surface area contributed by atoms with Crippen molar-refractivity contribution in [3.63, 3.8) is 0 Å². The molecule has 0 aliphatic carbocycles. The summed E-state index contributed by atoms with van der Waals surface area (Å²) in [7, 11) is 2.09. The third kappa shape index (κ3) is 4.89. The van der Waals surface area contributed by atoms with Crippen molar-refractivity contribution in [2.45, 2.75) is 0 Å². The van der Waals surface area contributed by atoms with Crippen molar-refractivity contribution in [1.82, 2.24) is 20.2 Å². The number of hydrogen-bond donors (Lipinski definition) is 1. The lowest BCUT2D eigenvalue weighted by atomic mass is 10.3. The molecule has 1 N–H and O–H groups in total. The number of ether oxygens (including phenoxy) is 1. The molecule has 2 heterocycles. The van der Waals surface area contributed by atoms with E-state index in [-0.39, 0.29) is 18.3 Å². The lowest BCUT2D eigenvalue weighted by molar-refractivity contribution is 0.0942. The molecule has 0 radical (unpaired) electrons. The Morgan fingerprint density at radius 3 is 2.65 bits per heavy atom. The number of anilines is 1. The Labute approximate surface area is 151 Å². The van der Waals surface area contributed by atoms with Crippen LogP contribution >= 0.6 is 0 Å². The second-order valence-corrected chi connectivity index (χ2v) is 6.11. The normalized spacial score (nSPS) is 14.9. The van der Waals surface area contributed by atoms with Gasteiger partial charge in [-0.25, -0.2) is 14.4 Å². The molecule has 0 spiro atoms. The van der Waals surface area contributed by atoms with E-state index in [1.807, 2.05) is 0 Å². The number of nitrogens with one attached hydrogen (secondary N) is 1. The number of aromatic nitrogens is 2. The highest BCUT2D eigenvalue weighted by molar-refractivity contribution is 5.92. The summed E-state index contributed by atoms with van der Waals surface area (Å²) in [6.45, 7) is 4.29. The second kappa shape index (κ2) is 8.57. The first kappa shape index (κ1) is 18.1. The monoisotopic (exact) mass is 359 g/mol. The van der Waals surface area contributed by atoms with Gasteiger partial charge in [-0.15, -0.1) is 0 Å². The van der Waals surface area contributed by atoms with E-state index in [0.717, 1.165) is 32.0 Å². The number of carbonyl (C=O) groups excluding carboxylic acids is 1. The molecule has 0 unspecified atom stereocenters. The third-order valence-electron chi connectivity index (χ3n) is 4.18. The highest BCUT2D eigenvalue weighted by Crippen LogP contribution is 2.13. The zero-order valence-corrected chi connectivity index (χ0v) is 14.7. The van der Waals surface area contributed by atoms with Crippen molar-refractivity contribution in [3.8, 4) is 5.75 Å². The fraction of sp³-hybridized carbons (Fsp3) is 0.389. The van der Waals surface area contributed by atoms with E-state index in [9.17, 15) is 9.18 Å². The summed E-state index contributed by atoms with van der Waals surface area (Å²) in [6.07, 6.45) is 1.41. The molecule has 0 atom stereocenters. The van der Waals surface area contributed by atoms with Gasteiger partial charge in [-0.05, 0) is 31.3 Å². The van der Waals surface area contributed by atoms with E-state index in [2.05, 4.69) is 32.1 Å². The van der Waals surface area contributed by atoms with Crippen LogP contribution in [-0.2, 0) is 0 Å². The van der Waals surface area contributed by atoms with Crippen LogP contribution in [0.2, 0.25) is 0 Å². The molecule has 1 aliphatic heterocycles. The first-order valence-electron chi connectivity index (χ1n) is 8.54. The SMILES string of the molecule is CN1CCN(c2cc(C(=O)NCCOc3ccc(F)cc3)ncn2)CC1. The summed E-state index contributed by atoms with van der Waals surface area (Å²) in [6, 6.07) is 7.46. The number of piperazine rings is 1. The largest absolute Gasteiger partial charge is 0.492 e. The maximum atomic E-state index is 12.8. The molecule has 138 valence electrons. The van der Waals surface area contributed by atoms with E-state index in [0.29, 0.717) is 18.0 Å². The molecule has 0 bridgehead atoms. The van der Waals surface area contributed by atoms with Crippen molar-refractivity contribution in [1.29, 1.82) is 0 Å². The average Bonchev–Trinajstić information content (AvgIpc) is 2.67. The number of carbonyl (C=O) groups is 1. The number of likely N-dealkylation sites (N-methyl/N-ethyl adjacent to an activating group) is 1. The van der Waals surface area contributed by atoms with Crippen LogP contribution in [0.15, 0.2) is 36.7 Å². The lowest BCUT2D eigenvalue weighted by Crippen LogP contribution is -2.45. The van der Waals surface area contributed by atoms with E-state index >= 15 is 0 Å². The summed E-state index contributed by atoms with van der Waals surface area (Å²) < 4.78 is 18.3. The van der Waals surface area contributed by atoms with Crippen LogP contribution in [0.4, 0.5) is 10.2 Å². The van der Waals surface area contributed by atoms with Crippen LogP contribution < -0.4 is 15.0 Å². The topological polar surface area (TPSA) is 70.6 Å². The molecule has 3 rings (SSSR count). The minimum absolute atomic E-state index is 0.273. The molecule has 2 aromatic rings. The van der Waals surface area contributed by atoms with Gasteiger partial charge in [-0.1, -0.05) is 0 Å². The number of benzene rings is 1. The fourth-order valence-electron chi connectivity index (χ4n) is 2.63. The molecule has 1 aromatic heterocycles. The highest BCUT2D eigenvalue weighted by Gasteiger charge is 2.17. The predicted octanol–water partition coefficient (Wildman–Crippen LogP) is 1.18. The van der Waals surface area contributed by atoms with Gasteiger partial charge in [0.05, 0.1) is 6.54 Å². The fourth-order valence-corrected chi connectivity index (χ4v) is 2.63. The van der Waals surface area contributed by atoms with Gasteiger partial charge in [-0.2, -0.15) is 0 Å². The van der Waals surface area contributed by atoms with Crippen molar-refractivity contribution in [3.05, 3.63) is 48.2 Å². The molecule has 8 heteroatoms. The van der Waals surface area contributed by atoms with Gasteiger partial charge < -0.3 is 19.9 Å². The van der Waals surface area contributed by atoms with Crippen molar-refractivity contribution in [2.24, 2.45) is 0 Å². The van der Waals surface area contributed by atoms with Crippen molar-refractivity contribution in [2.75, 3.05) is 51.3 Å². The number of hydrogen-bond acceptors (Lipinski definition) is 6. The predicted molar refractivity (Wildman–Crippen MR) is 96.0 cm³/mol. The molecule has 1 fully saturated rings. The number of rotatable bonds is 6. The maximum absolute atomic E-state index is 12.8. The molecule has 26 heavy (non-hydrogen) atoms. The Morgan fingerprint density at radius 1 is 1.19 bits per heavy atom. The zero-order valence-electron chi connectivity index (χ0n) is 14.7. The number of halogens is 1. The molecular weight excluding hydrogens is 337 g/mol. The molecule has 7 nitrogen and oxygen atoms in total. The average molecular weight is 359 g/mol. The summed E-state index contributed by atoms with van der Waals surface area (Å²) in [5.74, 6) is 0.733. The number of amides is 1. The number of nitrogens with zero attached hydrogens (tertiary/aromatic N) is 4. The van der Waals surface area contributed by atoms with Gasteiger partial charge >= 0.3 is 0 Å². The first-order valence-corrected chi connectivity index (χ1v) is 8.54. The van der Waals surface area contributed by atoms with Crippen LogP contribution in [0.3, 0.4) is 0 Å². The molecule has 1 amide bonds. The van der Waals surface area contributed by atoms with Gasteiger partial charge in [0, 0.05) is 32.2 Å². The Morgan fingerprint density at radius 2 is 1.92 bits per heavy atom. The van der Waals surface area contributed by atoms with Crippen molar-refractivity contribution < 1.29 is 13.9 Å². The van der Waals surface area contributed by atoms with Crippen LogP contribution in [0.5, 0.6) is 5.75 Å². The van der Waals surface area contributed by atoms with E-state index in [1.54, 1.807) is 18.2 Å². The second-order valence-electron chi connectivity index (χ2n) is 6.11. The van der Waals surface area contributed by atoms with E-state index < -0.39 is 0 Å². The Kier molecular flexibility index (Phi) is 5.96. The standard InChI is InChI=1S/C18H22FN5O2/c1-23-7-9-24(10-8-23)17-12-16(21-13-22-17)18(25)20-6-11-26-15-4-2-14(19)3-5-15/h2-5,12-13H,6-11H2,1H3,(H,20,25). The summed E-state index contributed by atoms with van der Waals surface area (Å²) in [5.41, 5.74) is 0.329. The summed E-state index contributed by atoms with van der Waals surface area (Å²) in [4.78, 5) is 25.0. The van der Waals surface area contributed by atoms with E-state index in [4.69, 9.17) is 4.74 Å². The van der Waals surface area contributed by atoms with Gasteiger partial charge in [-0.3, -0.25) is 4.79 Å². The van der Waals surface area contributed by atoms with E-state index in [1.165, 1.54) is 18.5 Å². The van der Waals surface area contributed by atoms with Crippen LogP contribution in [-0.4, -0.2) is 67.2 Å². The highest BCUT2D eigenvalue weighted by atomic mass is 19.1. The quantitative estimate of drug-likeness (QED) is 0.781. The van der Waals surface area contributed by atoms with Crippen LogP contribution in [0.1, 0.15) is 10.5 Å². The first-order chi connectivity index (χ1) is 12.6. The van der Waals surface area contributed by atoms with Crippen LogP contribution in [0, 0.1) is 5.82 Å². The smallest absolute Gasteiger partial charge is 0.270 e. The molecule has 0 saturated carbocycles. The molecule has 1 aromatic carbocycles. The van der Waals surface area contributed by atoms with Gasteiger partial charge in [0.25, 0.3) is 5.91 Å². The lowest BCUT2D eigenvalue weighted by Gasteiger charge is -2.33. The van der Waals surface area contributed by atoms with Gasteiger partial charge in [0.2, 0.25) is 0 Å². The zero-order chi connectivity index (χ0) is 18.4. The van der Waals surface area contributed by atoms with Gasteiger partial charge in [0.15, 0.2) is 0 Å². The maximum Gasteiger partial charge on any atom is 0.270 e. The summed E-state index contributed by atoms with van der Waals surface area (Å²) in [5, 5.41) is 2.76. The minimum Gasteiger partial charge on any atom is -0.492 e. The Balaban J connectivity index is 1.48. The Hall–Kier alpha value is -2.74. The molecular formula is C18H22FN5O2. The molecule has 1 saturated heterocycles. The minimum atomic E-state index is -0.314.